The van der Waals surface area contributed by atoms with Crippen LogP contribution in [0.4, 0.5) is 0 Å². The number of hydrogen-bond donors (Lipinski definition) is 1. The van der Waals surface area contributed by atoms with E-state index in [1.54, 1.807) is 62.4 Å². The lowest BCUT2D eigenvalue weighted by Gasteiger charge is -2.24. The molecule has 0 unspecified atom stereocenters. The Balaban J connectivity index is 1.97. The van der Waals surface area contributed by atoms with E-state index in [0.717, 1.165) is 4.47 Å². The summed E-state index contributed by atoms with van der Waals surface area (Å²) in [5.74, 6) is -0.468. The molecule has 2 heterocycles. The zero-order valence-corrected chi connectivity index (χ0v) is 20.3. The van der Waals surface area contributed by atoms with Crippen molar-refractivity contribution in [3.63, 3.8) is 0 Å². The van der Waals surface area contributed by atoms with Crippen molar-refractivity contribution in [3.05, 3.63) is 94.0 Å². The van der Waals surface area contributed by atoms with Crippen molar-refractivity contribution in [3.8, 4) is 5.75 Å². The van der Waals surface area contributed by atoms with Gasteiger partial charge in [-0.1, -0.05) is 51.0 Å². The van der Waals surface area contributed by atoms with Crippen molar-refractivity contribution in [2.45, 2.75) is 19.9 Å². The van der Waals surface area contributed by atoms with Gasteiger partial charge in [0.1, 0.15) is 5.75 Å². The van der Waals surface area contributed by atoms with Crippen LogP contribution in [0.15, 0.2) is 68.0 Å². The molecule has 0 amide bonds. The Labute approximate surface area is 200 Å². The molecule has 0 saturated heterocycles. The highest BCUT2D eigenvalue weighted by Crippen LogP contribution is 2.31. The molecule has 32 heavy (non-hydrogen) atoms. The number of rotatable bonds is 4. The van der Waals surface area contributed by atoms with Crippen LogP contribution in [0.1, 0.15) is 31.0 Å². The summed E-state index contributed by atoms with van der Waals surface area (Å²) in [7, 11) is 0. The lowest BCUT2D eigenvalue weighted by molar-refractivity contribution is -0.139. The van der Waals surface area contributed by atoms with E-state index in [-0.39, 0.29) is 17.9 Å². The highest BCUT2D eigenvalue weighted by atomic mass is 79.9. The van der Waals surface area contributed by atoms with Crippen molar-refractivity contribution in [1.82, 2.24) is 4.57 Å². The maximum Gasteiger partial charge on any atom is 0.338 e. The number of ether oxygens (including phenoxy) is 1. The number of carbonyl (C=O) groups is 1. The van der Waals surface area contributed by atoms with Crippen molar-refractivity contribution in [2.24, 2.45) is 4.99 Å². The van der Waals surface area contributed by atoms with E-state index in [1.165, 1.54) is 15.9 Å². The number of thiazole rings is 1. The van der Waals surface area contributed by atoms with E-state index in [0.29, 0.717) is 36.8 Å². The molecule has 164 valence electrons. The number of hydrogen-bond acceptors (Lipinski definition) is 6. The number of esters is 1. The molecule has 4 rings (SSSR count). The fraction of sp³-hybridized carbons (Fsp3) is 0.174. The Morgan fingerprint density at radius 3 is 2.72 bits per heavy atom. The highest BCUT2D eigenvalue weighted by Gasteiger charge is 2.33. The van der Waals surface area contributed by atoms with Crippen LogP contribution in [0.2, 0.25) is 5.02 Å². The van der Waals surface area contributed by atoms with Gasteiger partial charge in [0.25, 0.3) is 5.56 Å². The van der Waals surface area contributed by atoms with Gasteiger partial charge in [0.05, 0.1) is 28.5 Å². The molecule has 1 atom stereocenters. The summed E-state index contributed by atoms with van der Waals surface area (Å²) in [5.41, 5.74) is 1.68. The molecule has 0 spiro atoms. The molecule has 0 saturated carbocycles. The molecule has 0 radical (unpaired) electrons. The number of allylic oxidation sites excluding steroid dienone is 1. The molecule has 3 aromatic rings. The average Bonchev–Trinajstić information content (AvgIpc) is 3.05. The van der Waals surface area contributed by atoms with Gasteiger partial charge in [0.2, 0.25) is 0 Å². The quantitative estimate of drug-likeness (QED) is 0.516. The minimum absolute atomic E-state index is 0.0525. The van der Waals surface area contributed by atoms with E-state index in [9.17, 15) is 14.7 Å². The third-order valence-corrected chi connectivity index (χ3v) is 6.71. The molecule has 1 aromatic heterocycles. The Morgan fingerprint density at radius 1 is 1.31 bits per heavy atom. The lowest BCUT2D eigenvalue weighted by Crippen LogP contribution is -2.39. The van der Waals surface area contributed by atoms with Crippen molar-refractivity contribution >= 4 is 50.9 Å². The van der Waals surface area contributed by atoms with Gasteiger partial charge in [-0.3, -0.25) is 9.36 Å². The molecule has 1 aliphatic heterocycles. The fourth-order valence-corrected chi connectivity index (χ4v) is 5.08. The second-order valence-corrected chi connectivity index (χ2v) is 9.42. The Kier molecular flexibility index (Phi) is 6.37. The van der Waals surface area contributed by atoms with Crippen LogP contribution in [0, 0.1) is 0 Å². The monoisotopic (exact) mass is 532 g/mol. The molecule has 2 aromatic carbocycles. The summed E-state index contributed by atoms with van der Waals surface area (Å²) in [5, 5.41) is 10.7. The van der Waals surface area contributed by atoms with Gasteiger partial charge >= 0.3 is 5.97 Å². The third-order valence-electron chi connectivity index (χ3n) is 4.98. The summed E-state index contributed by atoms with van der Waals surface area (Å²) in [6.45, 7) is 3.66. The molecular weight excluding hydrogens is 516 g/mol. The molecular formula is C23H18BrClN2O4S. The number of halogens is 2. The number of aromatic hydroxyl groups is 1. The summed E-state index contributed by atoms with van der Waals surface area (Å²) >= 11 is 10.6. The number of phenolic OH excluding ortho intramolecular Hbond substituents is 1. The van der Waals surface area contributed by atoms with Crippen LogP contribution in [-0.4, -0.2) is 22.2 Å². The van der Waals surface area contributed by atoms with E-state index in [2.05, 4.69) is 20.9 Å². The first-order valence-corrected chi connectivity index (χ1v) is 11.7. The number of fused-ring (bicyclic) bond motifs is 1. The smallest absolute Gasteiger partial charge is 0.338 e. The van der Waals surface area contributed by atoms with Crippen molar-refractivity contribution < 1.29 is 14.6 Å². The van der Waals surface area contributed by atoms with E-state index < -0.39 is 12.0 Å². The van der Waals surface area contributed by atoms with E-state index >= 15 is 0 Å². The number of carbonyl (C=O) groups excluding carboxylic acids is 1. The zero-order chi connectivity index (χ0) is 23.0. The topological polar surface area (TPSA) is 80.9 Å². The predicted molar refractivity (Wildman–Crippen MR) is 128 cm³/mol. The largest absolute Gasteiger partial charge is 0.507 e. The number of aromatic nitrogens is 1. The second-order valence-electron chi connectivity index (χ2n) is 7.06. The molecule has 1 N–H and O–H groups in total. The first-order chi connectivity index (χ1) is 15.3. The summed E-state index contributed by atoms with van der Waals surface area (Å²) < 4.78 is 7.92. The first kappa shape index (κ1) is 22.5. The molecule has 0 fully saturated rings. The van der Waals surface area contributed by atoms with Gasteiger partial charge in [0.15, 0.2) is 4.80 Å². The van der Waals surface area contributed by atoms with Crippen molar-refractivity contribution in [1.29, 1.82) is 0 Å². The van der Waals surface area contributed by atoms with Crippen molar-refractivity contribution in [2.75, 3.05) is 6.61 Å². The van der Waals surface area contributed by atoms with Gasteiger partial charge < -0.3 is 9.84 Å². The van der Waals surface area contributed by atoms with Gasteiger partial charge in [-0.25, -0.2) is 9.79 Å². The van der Waals surface area contributed by atoms with Gasteiger partial charge in [-0.05, 0) is 55.8 Å². The van der Waals surface area contributed by atoms with Crippen LogP contribution in [-0.2, 0) is 9.53 Å². The number of benzene rings is 2. The maximum atomic E-state index is 13.5. The van der Waals surface area contributed by atoms with Crippen LogP contribution in [0.25, 0.3) is 6.08 Å². The Hall–Kier alpha value is -2.68. The van der Waals surface area contributed by atoms with Crippen LogP contribution < -0.4 is 14.9 Å². The minimum atomic E-state index is -0.708. The van der Waals surface area contributed by atoms with Gasteiger partial charge in [0, 0.05) is 15.1 Å². The van der Waals surface area contributed by atoms with Crippen LogP contribution >= 0.6 is 38.9 Å². The van der Waals surface area contributed by atoms with Crippen LogP contribution in [0.5, 0.6) is 5.75 Å². The molecule has 9 heteroatoms. The normalized spacial score (nSPS) is 16.0. The molecule has 1 aliphatic rings. The highest BCUT2D eigenvalue weighted by molar-refractivity contribution is 9.10. The third kappa shape index (κ3) is 4.18. The zero-order valence-electron chi connectivity index (χ0n) is 17.1. The lowest BCUT2D eigenvalue weighted by atomic mass is 9.96. The molecule has 0 bridgehead atoms. The average molecular weight is 534 g/mol. The van der Waals surface area contributed by atoms with E-state index in [4.69, 9.17) is 16.3 Å². The second kappa shape index (κ2) is 9.05. The standard InChI is InChI=1S/C23H18BrClN2O4S/c1-3-31-22(30)19-12(2)26-23-27(20(19)13-4-7-16(25)8-5-13)21(29)18(32-23)11-14-10-15(24)6-9-17(14)28/h4-11,20,28H,3H2,1-2H3/b18-11-/t20-/m0/s1. The predicted octanol–water partition coefficient (Wildman–Crippen LogP) is 3.92. The van der Waals surface area contributed by atoms with Gasteiger partial charge in [-0.2, -0.15) is 0 Å². The Morgan fingerprint density at radius 2 is 2.03 bits per heavy atom. The summed E-state index contributed by atoms with van der Waals surface area (Å²) in [6, 6.07) is 11.3. The SMILES string of the molecule is CCOC(=O)C1=C(C)N=c2s/c(=C\c3cc(Br)ccc3O)c(=O)n2[C@H]1c1ccc(Cl)cc1. The summed E-state index contributed by atoms with van der Waals surface area (Å²) in [6.07, 6.45) is 1.62. The fourth-order valence-electron chi connectivity index (χ4n) is 3.53. The minimum Gasteiger partial charge on any atom is -0.507 e. The molecule has 0 aliphatic carbocycles. The maximum absolute atomic E-state index is 13.5. The van der Waals surface area contributed by atoms with Gasteiger partial charge in [-0.15, -0.1) is 0 Å². The Bertz CT molecular complexity index is 1420. The molecule has 6 nitrogen and oxygen atoms in total. The number of nitrogens with zero attached hydrogens (tertiary/aromatic N) is 2. The number of phenols is 1. The first-order valence-electron chi connectivity index (χ1n) is 9.73. The van der Waals surface area contributed by atoms with Crippen LogP contribution in [0.3, 0.4) is 0 Å². The van der Waals surface area contributed by atoms with E-state index in [1.807, 2.05) is 0 Å². The summed E-state index contributed by atoms with van der Waals surface area (Å²) in [4.78, 5) is 31.3.